The highest BCUT2D eigenvalue weighted by Crippen LogP contribution is 2.24. The summed E-state index contributed by atoms with van der Waals surface area (Å²) in [5, 5.41) is 6.47. The van der Waals surface area contributed by atoms with Gasteiger partial charge in [-0.2, -0.15) is 0 Å². The minimum atomic E-state index is -0.460. The molecule has 0 aliphatic carbocycles. The Kier molecular flexibility index (Phi) is 20.1. The number of nitrogens with one attached hydrogen (secondary N) is 2. The third-order valence-electron chi connectivity index (χ3n) is 9.93. The second-order valence-corrected chi connectivity index (χ2v) is 16.3. The monoisotopic (exact) mass is 763 g/mol. The van der Waals surface area contributed by atoms with Gasteiger partial charge in [-0.15, -0.1) is 12.4 Å². The summed E-state index contributed by atoms with van der Waals surface area (Å²) in [5.41, 5.74) is -0.865. The zero-order valence-corrected chi connectivity index (χ0v) is 34.4. The lowest BCUT2D eigenvalue weighted by atomic mass is 9.99. The number of hydrogen-bond acceptors (Lipinski definition) is 12. The average molecular weight is 763 g/mol. The van der Waals surface area contributed by atoms with Crippen molar-refractivity contribution < 1.29 is 38.1 Å². The molecule has 304 valence electrons. The van der Waals surface area contributed by atoms with E-state index in [-0.39, 0.29) is 30.4 Å². The first-order chi connectivity index (χ1) is 24.1. The number of ether oxygens (including phenoxy) is 5. The number of Topliss-reactive ketones (excluding diaryl/α,β-unsaturated/α-hetero) is 1. The van der Waals surface area contributed by atoms with E-state index in [2.05, 4.69) is 20.4 Å². The number of halogens is 1. The molecule has 0 atom stereocenters. The van der Waals surface area contributed by atoms with Crippen LogP contribution in [0, 0.1) is 0 Å². The maximum Gasteiger partial charge on any atom is 0.410 e. The number of nitrogens with zero attached hydrogens (tertiary/aromatic N) is 4. The fourth-order valence-electron chi connectivity index (χ4n) is 6.44. The Morgan fingerprint density at radius 2 is 0.981 bits per heavy atom. The molecule has 14 nitrogen and oxygen atoms in total. The van der Waals surface area contributed by atoms with E-state index in [1.165, 1.54) is 25.9 Å². The van der Waals surface area contributed by atoms with Crippen molar-refractivity contribution >= 4 is 30.4 Å². The van der Waals surface area contributed by atoms with Crippen molar-refractivity contribution in [3.8, 4) is 0 Å². The Balaban J connectivity index is 0.000000253. The van der Waals surface area contributed by atoms with Gasteiger partial charge in [0.05, 0.1) is 18.3 Å². The molecule has 0 saturated carbocycles. The maximum absolute atomic E-state index is 11.9. The first-order valence-electron chi connectivity index (χ1n) is 19.1. The number of rotatable bonds is 5. The van der Waals surface area contributed by atoms with Gasteiger partial charge in [0, 0.05) is 112 Å². The molecule has 0 aromatic heterocycles. The van der Waals surface area contributed by atoms with Crippen LogP contribution in [-0.2, 0) is 28.5 Å². The highest BCUT2D eigenvalue weighted by molar-refractivity contribution is 5.85. The van der Waals surface area contributed by atoms with Crippen molar-refractivity contribution in [1.29, 1.82) is 0 Å². The lowest BCUT2D eigenvalue weighted by Gasteiger charge is -2.46. The summed E-state index contributed by atoms with van der Waals surface area (Å²) in [6.07, 6.45) is 6.56. The molecule has 0 aromatic carbocycles. The number of amides is 2. The summed E-state index contributed by atoms with van der Waals surface area (Å²) in [6, 6.07) is 1.43. The zero-order valence-electron chi connectivity index (χ0n) is 33.6. The highest BCUT2D eigenvalue weighted by Gasteiger charge is 2.36. The standard InChI is InChI=1S/C14H26N2O3.C10H17NO3.C9H18N2O.C4H9NO.ClH/c1-14(2,3)19-13(17)15-7-5-11(6-8-15)16-9-12(10-16)18-4;1-10(2,3)14-9(13)11-6-4-8(12)5-7-11;1-12-9-6-11(7-9)8-2-4-10-5-3-8;1-6-4-2-5-3-4;/h11-12H,5-10H2,1-4H3;4-7H2,1-3H3;8-10H,2-7H2,1H3;4-5H,2-3H2,1H3;1H. The second kappa shape index (κ2) is 22.6. The number of carbonyl (C=O) groups is 3. The third-order valence-corrected chi connectivity index (χ3v) is 9.93. The van der Waals surface area contributed by atoms with Crippen LogP contribution >= 0.6 is 12.4 Å². The molecule has 0 unspecified atom stereocenters. The van der Waals surface area contributed by atoms with Gasteiger partial charge in [0.2, 0.25) is 0 Å². The van der Waals surface area contributed by atoms with Gasteiger partial charge in [-0.25, -0.2) is 9.59 Å². The smallest absolute Gasteiger partial charge is 0.410 e. The molecule has 2 N–H and O–H groups in total. The van der Waals surface area contributed by atoms with Gasteiger partial charge in [-0.1, -0.05) is 0 Å². The number of ketones is 1. The number of likely N-dealkylation sites (tertiary alicyclic amines) is 4. The number of methoxy groups -OCH3 is 3. The molecule has 6 fully saturated rings. The molecule has 52 heavy (non-hydrogen) atoms. The molecular weight excluding hydrogens is 692 g/mol. The summed E-state index contributed by atoms with van der Waals surface area (Å²) >= 11 is 0. The number of carbonyl (C=O) groups excluding carboxylic acids is 3. The van der Waals surface area contributed by atoms with Crippen molar-refractivity contribution in [3.63, 3.8) is 0 Å². The van der Waals surface area contributed by atoms with Gasteiger partial charge in [0.25, 0.3) is 0 Å². The first-order valence-corrected chi connectivity index (χ1v) is 19.1. The molecule has 6 aliphatic heterocycles. The minimum absolute atomic E-state index is 0. The van der Waals surface area contributed by atoms with Crippen molar-refractivity contribution in [2.24, 2.45) is 0 Å². The molecule has 0 aromatic rings. The van der Waals surface area contributed by atoms with Gasteiger partial charge in [0.15, 0.2) is 0 Å². The van der Waals surface area contributed by atoms with Crippen molar-refractivity contribution in [2.45, 2.75) is 122 Å². The molecule has 2 amide bonds. The van der Waals surface area contributed by atoms with Crippen LogP contribution in [0.15, 0.2) is 0 Å². The molecule has 0 radical (unpaired) electrons. The lowest BCUT2D eigenvalue weighted by Crippen LogP contribution is -2.58. The van der Waals surface area contributed by atoms with E-state index in [1.54, 1.807) is 19.1 Å². The van der Waals surface area contributed by atoms with Gasteiger partial charge < -0.3 is 44.1 Å². The topological polar surface area (TPSA) is 134 Å². The van der Waals surface area contributed by atoms with Gasteiger partial charge in [0.1, 0.15) is 17.0 Å². The van der Waals surface area contributed by atoms with E-state index < -0.39 is 11.2 Å². The quantitative estimate of drug-likeness (QED) is 0.426. The Morgan fingerprint density at radius 1 is 0.596 bits per heavy atom. The van der Waals surface area contributed by atoms with Gasteiger partial charge in [-0.05, 0) is 80.3 Å². The lowest BCUT2D eigenvalue weighted by molar-refractivity contribution is -0.121. The Morgan fingerprint density at radius 3 is 1.31 bits per heavy atom. The van der Waals surface area contributed by atoms with Gasteiger partial charge >= 0.3 is 12.2 Å². The summed E-state index contributed by atoms with van der Waals surface area (Å²) in [4.78, 5) is 42.8. The SMILES string of the molecule is CC(C)(C)OC(=O)N1CCC(=O)CC1.COC1CN(C2CCN(C(=O)OC(C)(C)C)CC2)C1.COC1CN(C2CCNCC2)C1.COC1CNC1.Cl. The Hall–Kier alpha value is -1.78. The average Bonchev–Trinajstić information content (AvgIpc) is 3.00. The van der Waals surface area contributed by atoms with E-state index in [9.17, 15) is 14.4 Å². The maximum atomic E-state index is 11.9. The minimum Gasteiger partial charge on any atom is -0.444 e. The van der Waals surface area contributed by atoms with E-state index in [0.29, 0.717) is 50.3 Å². The zero-order chi connectivity index (χ0) is 37.6. The summed E-state index contributed by atoms with van der Waals surface area (Å²) in [6.45, 7) is 22.6. The first kappa shape index (κ1) is 46.4. The fraction of sp³-hybridized carbons (Fsp3) is 0.919. The number of hydrogen-bond donors (Lipinski definition) is 2. The normalized spacial score (nSPS) is 22.8. The Bertz CT molecular complexity index is 1030. The molecule has 15 heteroatoms. The molecule has 0 bridgehead atoms. The molecule has 0 spiro atoms. The van der Waals surface area contributed by atoms with Crippen LogP contribution < -0.4 is 10.6 Å². The molecule has 6 aliphatic rings. The largest absolute Gasteiger partial charge is 0.444 e. The molecular formula is C37H71ClN6O8. The van der Waals surface area contributed by atoms with Crippen LogP contribution in [0.25, 0.3) is 0 Å². The van der Waals surface area contributed by atoms with Crippen molar-refractivity contribution in [3.05, 3.63) is 0 Å². The van der Waals surface area contributed by atoms with Crippen LogP contribution in [0.3, 0.4) is 0 Å². The molecule has 6 rings (SSSR count). The summed E-state index contributed by atoms with van der Waals surface area (Å²) < 4.78 is 26.1. The van der Waals surface area contributed by atoms with Gasteiger partial charge in [-0.3, -0.25) is 14.6 Å². The van der Waals surface area contributed by atoms with Crippen molar-refractivity contribution in [1.82, 2.24) is 30.2 Å². The van der Waals surface area contributed by atoms with E-state index >= 15 is 0 Å². The highest BCUT2D eigenvalue weighted by atomic mass is 35.5. The van der Waals surface area contributed by atoms with E-state index in [1.807, 2.05) is 53.6 Å². The third kappa shape index (κ3) is 16.7. The van der Waals surface area contributed by atoms with Crippen LogP contribution in [-0.4, -0.2) is 179 Å². The van der Waals surface area contributed by atoms with E-state index in [0.717, 1.165) is 71.2 Å². The predicted molar refractivity (Wildman–Crippen MR) is 204 cm³/mol. The predicted octanol–water partition coefficient (Wildman–Crippen LogP) is 3.40. The van der Waals surface area contributed by atoms with Crippen LogP contribution in [0.2, 0.25) is 0 Å². The Labute approximate surface area is 319 Å². The number of piperidine rings is 3. The molecule has 6 heterocycles. The molecule has 6 saturated heterocycles. The fourth-order valence-corrected chi connectivity index (χ4v) is 6.44. The van der Waals surface area contributed by atoms with Crippen LogP contribution in [0.1, 0.15) is 80.1 Å². The summed E-state index contributed by atoms with van der Waals surface area (Å²) in [5.74, 6) is 0.227. The van der Waals surface area contributed by atoms with Crippen molar-refractivity contribution in [2.75, 3.05) is 99.9 Å². The van der Waals surface area contributed by atoms with E-state index in [4.69, 9.17) is 23.7 Å². The second-order valence-electron chi connectivity index (χ2n) is 16.3. The van der Waals surface area contributed by atoms with Crippen LogP contribution in [0.4, 0.5) is 9.59 Å². The van der Waals surface area contributed by atoms with Crippen LogP contribution in [0.5, 0.6) is 0 Å². The summed E-state index contributed by atoms with van der Waals surface area (Å²) in [7, 11) is 5.32.